The van der Waals surface area contributed by atoms with E-state index in [2.05, 4.69) is 0 Å². The molecule has 0 heterocycles. The Morgan fingerprint density at radius 2 is 2.06 bits per heavy atom. The maximum Gasteiger partial charge on any atom is 0.225 e. The van der Waals surface area contributed by atoms with Crippen LogP contribution in [0.4, 0.5) is 0 Å². The highest BCUT2D eigenvalue weighted by atomic mass is 16.5. The quantitative estimate of drug-likeness (QED) is 0.651. The molecule has 2 N–H and O–H groups in total. The van der Waals surface area contributed by atoms with Gasteiger partial charge >= 0.3 is 0 Å². The summed E-state index contributed by atoms with van der Waals surface area (Å²) in [6.07, 6.45) is 0.325. The predicted molar refractivity (Wildman–Crippen MR) is 63.2 cm³/mol. The normalized spacial score (nSPS) is 12.9. The topological polar surface area (TPSA) is 64.8 Å². The van der Waals surface area contributed by atoms with Crippen LogP contribution in [0.5, 0.6) is 0 Å². The van der Waals surface area contributed by atoms with E-state index >= 15 is 0 Å². The van der Waals surface area contributed by atoms with Gasteiger partial charge in [-0.05, 0) is 13.8 Å². The first-order valence-corrected chi connectivity index (χ1v) is 5.59. The van der Waals surface area contributed by atoms with Gasteiger partial charge in [-0.2, -0.15) is 0 Å². The Balaban J connectivity index is 3.80. The third-order valence-electron chi connectivity index (χ3n) is 2.30. The molecular weight excluding hydrogens is 208 g/mol. The monoisotopic (exact) mass is 232 g/mol. The van der Waals surface area contributed by atoms with E-state index in [0.29, 0.717) is 26.1 Å². The first-order chi connectivity index (χ1) is 7.51. The van der Waals surface area contributed by atoms with Gasteiger partial charge in [0.25, 0.3) is 0 Å². The molecule has 0 rings (SSSR count). The zero-order valence-electron chi connectivity index (χ0n) is 10.7. The molecule has 1 unspecified atom stereocenters. The standard InChI is InChI=1S/C11H24N2O3/c1-9(2)16-6-5-13(3)11(14)7-10(8-12)15-4/h9-10H,5-8,12H2,1-4H3. The average molecular weight is 232 g/mol. The molecule has 0 bridgehead atoms. The van der Waals surface area contributed by atoms with Crippen LogP contribution in [0, 0.1) is 0 Å². The highest BCUT2D eigenvalue weighted by molar-refractivity contribution is 5.76. The van der Waals surface area contributed by atoms with Crippen molar-refractivity contribution >= 4 is 5.91 Å². The van der Waals surface area contributed by atoms with Crippen LogP contribution in [-0.2, 0) is 14.3 Å². The van der Waals surface area contributed by atoms with E-state index in [9.17, 15) is 4.79 Å². The fourth-order valence-corrected chi connectivity index (χ4v) is 1.16. The lowest BCUT2D eigenvalue weighted by molar-refractivity contribution is -0.133. The molecule has 5 heteroatoms. The number of nitrogens with zero attached hydrogens (tertiary/aromatic N) is 1. The summed E-state index contributed by atoms with van der Waals surface area (Å²) in [4.78, 5) is 13.3. The lowest BCUT2D eigenvalue weighted by Gasteiger charge is -2.20. The smallest absolute Gasteiger partial charge is 0.225 e. The molecule has 0 spiro atoms. The van der Waals surface area contributed by atoms with Gasteiger partial charge in [0, 0.05) is 27.2 Å². The van der Waals surface area contributed by atoms with E-state index in [1.54, 1.807) is 19.1 Å². The van der Waals surface area contributed by atoms with Crippen molar-refractivity contribution in [2.45, 2.75) is 32.5 Å². The third-order valence-corrected chi connectivity index (χ3v) is 2.30. The molecule has 96 valence electrons. The molecule has 0 radical (unpaired) electrons. The largest absolute Gasteiger partial charge is 0.380 e. The SMILES string of the molecule is COC(CN)CC(=O)N(C)CCOC(C)C. The van der Waals surface area contributed by atoms with Gasteiger partial charge in [0.1, 0.15) is 0 Å². The number of carbonyl (C=O) groups excluding carboxylic acids is 1. The fraction of sp³-hybridized carbons (Fsp3) is 0.909. The van der Waals surface area contributed by atoms with Crippen LogP contribution < -0.4 is 5.73 Å². The van der Waals surface area contributed by atoms with Crippen LogP contribution in [0.3, 0.4) is 0 Å². The van der Waals surface area contributed by atoms with E-state index in [0.717, 1.165) is 0 Å². The Labute approximate surface area is 97.9 Å². The van der Waals surface area contributed by atoms with Crippen molar-refractivity contribution in [2.75, 3.05) is 33.9 Å². The lowest BCUT2D eigenvalue weighted by Crippen LogP contribution is -2.35. The van der Waals surface area contributed by atoms with Gasteiger partial charge in [0.05, 0.1) is 25.2 Å². The van der Waals surface area contributed by atoms with E-state index in [1.807, 2.05) is 13.8 Å². The predicted octanol–water partition coefficient (Wildman–Crippen LogP) is 0.234. The zero-order valence-corrected chi connectivity index (χ0v) is 10.7. The highest BCUT2D eigenvalue weighted by Gasteiger charge is 2.15. The van der Waals surface area contributed by atoms with Crippen molar-refractivity contribution in [3.05, 3.63) is 0 Å². The van der Waals surface area contributed by atoms with Gasteiger partial charge in [-0.25, -0.2) is 0 Å². The van der Waals surface area contributed by atoms with Crippen molar-refractivity contribution in [1.29, 1.82) is 0 Å². The summed E-state index contributed by atoms with van der Waals surface area (Å²) < 4.78 is 10.4. The molecule has 0 aliphatic carbocycles. The summed E-state index contributed by atoms with van der Waals surface area (Å²) >= 11 is 0. The minimum absolute atomic E-state index is 0.0321. The van der Waals surface area contributed by atoms with Crippen molar-refractivity contribution in [2.24, 2.45) is 5.73 Å². The highest BCUT2D eigenvalue weighted by Crippen LogP contribution is 1.99. The molecule has 0 aromatic carbocycles. The molecule has 0 saturated heterocycles. The average Bonchev–Trinajstić information content (AvgIpc) is 2.24. The maximum absolute atomic E-state index is 11.7. The second-order valence-corrected chi connectivity index (χ2v) is 4.03. The molecular formula is C11H24N2O3. The summed E-state index contributed by atoms with van der Waals surface area (Å²) in [5.74, 6) is 0.0321. The van der Waals surface area contributed by atoms with Crippen molar-refractivity contribution < 1.29 is 14.3 Å². The number of methoxy groups -OCH3 is 1. The molecule has 5 nitrogen and oxygen atoms in total. The number of ether oxygens (including phenoxy) is 2. The number of hydrogen-bond acceptors (Lipinski definition) is 4. The zero-order chi connectivity index (χ0) is 12.6. The minimum Gasteiger partial charge on any atom is -0.380 e. The Morgan fingerprint density at radius 1 is 1.44 bits per heavy atom. The number of rotatable bonds is 8. The Hall–Kier alpha value is -0.650. The summed E-state index contributed by atoms with van der Waals surface area (Å²) in [5.41, 5.74) is 5.45. The Kier molecular flexibility index (Phi) is 8.15. The molecule has 1 amide bonds. The molecule has 0 aromatic heterocycles. The molecule has 0 aliphatic rings. The van der Waals surface area contributed by atoms with E-state index in [1.165, 1.54) is 0 Å². The van der Waals surface area contributed by atoms with Crippen LogP contribution in [0.1, 0.15) is 20.3 Å². The van der Waals surface area contributed by atoms with Crippen LogP contribution in [0.2, 0.25) is 0 Å². The third kappa shape index (κ3) is 6.76. The molecule has 0 saturated carbocycles. The van der Waals surface area contributed by atoms with Gasteiger partial charge in [-0.1, -0.05) is 0 Å². The summed E-state index contributed by atoms with van der Waals surface area (Å²) in [6.45, 7) is 5.45. The number of hydrogen-bond donors (Lipinski definition) is 1. The van der Waals surface area contributed by atoms with Crippen LogP contribution in [-0.4, -0.2) is 56.9 Å². The van der Waals surface area contributed by atoms with Gasteiger partial charge in [0.15, 0.2) is 0 Å². The summed E-state index contributed by atoms with van der Waals surface area (Å²) in [6, 6.07) is 0. The van der Waals surface area contributed by atoms with Crippen LogP contribution in [0.15, 0.2) is 0 Å². The summed E-state index contributed by atoms with van der Waals surface area (Å²) in [5, 5.41) is 0. The first kappa shape index (κ1) is 15.3. The second kappa shape index (κ2) is 8.50. The Bertz CT molecular complexity index is 194. The first-order valence-electron chi connectivity index (χ1n) is 5.59. The Morgan fingerprint density at radius 3 is 2.50 bits per heavy atom. The van der Waals surface area contributed by atoms with E-state index < -0.39 is 0 Å². The van der Waals surface area contributed by atoms with Crippen LogP contribution >= 0.6 is 0 Å². The molecule has 0 aromatic rings. The minimum atomic E-state index is -0.194. The van der Waals surface area contributed by atoms with E-state index in [-0.39, 0.29) is 18.1 Å². The molecule has 1 atom stereocenters. The fourth-order valence-electron chi connectivity index (χ4n) is 1.16. The van der Waals surface area contributed by atoms with E-state index in [4.69, 9.17) is 15.2 Å². The molecule has 16 heavy (non-hydrogen) atoms. The number of likely N-dealkylation sites (N-methyl/N-ethyl adjacent to an activating group) is 1. The number of nitrogens with two attached hydrogens (primary N) is 1. The van der Waals surface area contributed by atoms with Crippen molar-refractivity contribution in [3.63, 3.8) is 0 Å². The number of carbonyl (C=O) groups is 1. The van der Waals surface area contributed by atoms with Gasteiger partial charge in [0.2, 0.25) is 5.91 Å². The maximum atomic E-state index is 11.7. The lowest BCUT2D eigenvalue weighted by atomic mass is 10.2. The van der Waals surface area contributed by atoms with Gasteiger partial charge in [-0.3, -0.25) is 4.79 Å². The van der Waals surface area contributed by atoms with Crippen LogP contribution in [0.25, 0.3) is 0 Å². The number of amides is 1. The van der Waals surface area contributed by atoms with Gasteiger partial charge < -0.3 is 20.1 Å². The van der Waals surface area contributed by atoms with Crippen molar-refractivity contribution in [3.8, 4) is 0 Å². The molecule has 0 fully saturated rings. The van der Waals surface area contributed by atoms with Crippen molar-refractivity contribution in [1.82, 2.24) is 4.90 Å². The second-order valence-electron chi connectivity index (χ2n) is 4.03. The van der Waals surface area contributed by atoms with Gasteiger partial charge in [-0.15, -0.1) is 0 Å². The molecule has 0 aliphatic heterocycles. The summed E-state index contributed by atoms with van der Waals surface area (Å²) in [7, 11) is 3.32.